The maximum absolute atomic E-state index is 10.8. The largest absolute Gasteiger partial charge is 0.494 e. The summed E-state index contributed by atoms with van der Waals surface area (Å²) >= 11 is 0. The van der Waals surface area contributed by atoms with E-state index in [1.807, 2.05) is 4.98 Å². The fourth-order valence-corrected chi connectivity index (χ4v) is 0.814. The first-order chi connectivity index (χ1) is 5.15. The second-order valence-electron chi connectivity index (χ2n) is 2.04. The minimum Gasteiger partial charge on any atom is -0.494 e. The smallest absolute Gasteiger partial charge is 0.331 e. The molecule has 5 heteroatoms. The van der Waals surface area contributed by atoms with Crippen molar-refractivity contribution in [3.8, 4) is 5.88 Å². The van der Waals surface area contributed by atoms with Gasteiger partial charge in [0.15, 0.2) is 0 Å². The van der Waals surface area contributed by atoms with Gasteiger partial charge in [-0.2, -0.15) is 0 Å². The van der Waals surface area contributed by atoms with Crippen LogP contribution in [0.25, 0.3) is 0 Å². The number of aromatic nitrogens is 2. The van der Waals surface area contributed by atoms with E-state index in [2.05, 4.69) is 0 Å². The van der Waals surface area contributed by atoms with Crippen molar-refractivity contribution in [2.24, 2.45) is 0 Å². The standard InChI is InChI=1S/C6H8N2O3/c1-2-8-5(10)3-4(9)7-6(8)11/h3,10H,2H2,1H3,(H,7,9,11). The minimum atomic E-state index is -0.586. The molecule has 0 amide bonds. The Morgan fingerprint density at radius 3 is 2.73 bits per heavy atom. The minimum absolute atomic E-state index is 0.304. The molecule has 2 N–H and O–H groups in total. The predicted octanol–water partition coefficient (Wildman–Crippen LogP) is -0.738. The first kappa shape index (κ1) is 7.59. The Bertz CT molecular complexity index is 363. The highest BCUT2D eigenvalue weighted by atomic mass is 16.3. The number of nitrogens with one attached hydrogen (secondary N) is 1. The maximum Gasteiger partial charge on any atom is 0.331 e. The maximum atomic E-state index is 10.8. The van der Waals surface area contributed by atoms with E-state index in [4.69, 9.17) is 5.11 Å². The lowest BCUT2D eigenvalue weighted by Gasteiger charge is -2.01. The molecule has 0 saturated carbocycles. The highest BCUT2D eigenvalue weighted by Crippen LogP contribution is 1.97. The summed E-state index contributed by atoms with van der Waals surface area (Å²) in [5, 5.41) is 9.02. The van der Waals surface area contributed by atoms with Crippen molar-refractivity contribution in [3.63, 3.8) is 0 Å². The summed E-state index contributed by atoms with van der Waals surface area (Å²) < 4.78 is 1.06. The molecule has 5 nitrogen and oxygen atoms in total. The van der Waals surface area contributed by atoms with E-state index in [0.717, 1.165) is 10.6 Å². The zero-order valence-corrected chi connectivity index (χ0v) is 6.00. The number of aromatic hydroxyl groups is 1. The molecule has 0 fully saturated rings. The number of hydrogen-bond acceptors (Lipinski definition) is 3. The van der Waals surface area contributed by atoms with Crippen molar-refractivity contribution in [1.82, 2.24) is 9.55 Å². The van der Waals surface area contributed by atoms with Gasteiger partial charge in [-0.15, -0.1) is 0 Å². The number of nitrogens with zero attached hydrogens (tertiary/aromatic N) is 1. The third-order valence-electron chi connectivity index (χ3n) is 1.33. The molecule has 0 aliphatic carbocycles. The lowest BCUT2D eigenvalue weighted by molar-refractivity contribution is 0.405. The molecule has 0 aliphatic heterocycles. The predicted molar refractivity (Wildman–Crippen MR) is 38.7 cm³/mol. The van der Waals surface area contributed by atoms with E-state index >= 15 is 0 Å². The lowest BCUT2D eigenvalue weighted by atomic mass is 10.6. The molecule has 0 aromatic carbocycles. The summed E-state index contributed by atoms with van der Waals surface area (Å²) in [6.45, 7) is 2.03. The third-order valence-corrected chi connectivity index (χ3v) is 1.33. The zero-order valence-electron chi connectivity index (χ0n) is 6.00. The Hall–Kier alpha value is -1.52. The Labute approximate surface area is 61.9 Å². The van der Waals surface area contributed by atoms with Crippen LogP contribution in [0.2, 0.25) is 0 Å². The SMILES string of the molecule is CCn1c(O)cc(=O)[nH]c1=O. The average molecular weight is 156 g/mol. The van der Waals surface area contributed by atoms with Gasteiger partial charge in [-0.3, -0.25) is 14.3 Å². The Morgan fingerprint density at radius 1 is 1.64 bits per heavy atom. The molecule has 0 bridgehead atoms. The molecule has 0 atom stereocenters. The molecule has 1 rings (SSSR count). The van der Waals surface area contributed by atoms with Crippen molar-refractivity contribution < 1.29 is 5.11 Å². The van der Waals surface area contributed by atoms with Crippen LogP contribution in [0.4, 0.5) is 0 Å². The van der Waals surface area contributed by atoms with Crippen molar-refractivity contribution in [2.75, 3.05) is 0 Å². The summed E-state index contributed by atoms with van der Waals surface area (Å²) in [4.78, 5) is 23.4. The van der Waals surface area contributed by atoms with Crippen LogP contribution in [-0.2, 0) is 6.54 Å². The molecule has 1 aromatic rings. The third kappa shape index (κ3) is 1.31. The van der Waals surface area contributed by atoms with E-state index in [1.165, 1.54) is 0 Å². The Kier molecular flexibility index (Phi) is 1.80. The molecular formula is C6H8N2O3. The summed E-state index contributed by atoms with van der Waals surface area (Å²) in [7, 11) is 0. The van der Waals surface area contributed by atoms with Gasteiger partial charge in [0.25, 0.3) is 5.56 Å². The van der Waals surface area contributed by atoms with E-state index in [-0.39, 0.29) is 5.88 Å². The monoisotopic (exact) mass is 156 g/mol. The summed E-state index contributed by atoms with van der Waals surface area (Å²) in [5.74, 6) is -0.304. The summed E-state index contributed by atoms with van der Waals surface area (Å²) in [6.07, 6.45) is 0. The Balaban J connectivity index is 3.49. The number of aromatic amines is 1. The molecule has 0 saturated heterocycles. The molecule has 0 spiro atoms. The normalized spacial score (nSPS) is 9.91. The second-order valence-corrected chi connectivity index (χ2v) is 2.04. The van der Waals surface area contributed by atoms with Crippen LogP contribution >= 0.6 is 0 Å². The van der Waals surface area contributed by atoms with Crippen LogP contribution in [0.15, 0.2) is 15.7 Å². The van der Waals surface area contributed by atoms with Gasteiger partial charge in [0.05, 0.1) is 6.07 Å². The van der Waals surface area contributed by atoms with Gasteiger partial charge < -0.3 is 5.11 Å². The van der Waals surface area contributed by atoms with Gasteiger partial charge in [-0.05, 0) is 6.92 Å². The molecule has 1 aromatic heterocycles. The topological polar surface area (TPSA) is 75.1 Å². The second kappa shape index (κ2) is 2.61. The molecule has 0 aliphatic rings. The number of hydrogen-bond donors (Lipinski definition) is 2. The quantitative estimate of drug-likeness (QED) is 0.562. The van der Waals surface area contributed by atoms with Crippen molar-refractivity contribution >= 4 is 0 Å². The molecular weight excluding hydrogens is 148 g/mol. The van der Waals surface area contributed by atoms with Gasteiger partial charge in [-0.25, -0.2) is 4.79 Å². The number of H-pyrrole nitrogens is 1. The van der Waals surface area contributed by atoms with E-state index < -0.39 is 11.2 Å². The summed E-state index contributed by atoms with van der Waals surface area (Å²) in [6, 6.07) is 0.963. The number of rotatable bonds is 1. The molecule has 0 radical (unpaired) electrons. The van der Waals surface area contributed by atoms with Gasteiger partial charge in [0.2, 0.25) is 5.88 Å². The van der Waals surface area contributed by atoms with Crippen molar-refractivity contribution in [1.29, 1.82) is 0 Å². The van der Waals surface area contributed by atoms with Crippen LogP contribution < -0.4 is 11.2 Å². The zero-order chi connectivity index (χ0) is 8.43. The van der Waals surface area contributed by atoms with E-state index in [0.29, 0.717) is 6.54 Å². The molecule has 0 unspecified atom stereocenters. The Morgan fingerprint density at radius 2 is 2.27 bits per heavy atom. The first-order valence-electron chi connectivity index (χ1n) is 3.18. The summed E-state index contributed by atoms with van der Waals surface area (Å²) in [5.41, 5.74) is -1.17. The fourth-order valence-electron chi connectivity index (χ4n) is 0.814. The highest BCUT2D eigenvalue weighted by Gasteiger charge is 1.99. The van der Waals surface area contributed by atoms with E-state index in [9.17, 15) is 9.59 Å². The first-order valence-corrected chi connectivity index (χ1v) is 3.18. The lowest BCUT2D eigenvalue weighted by Crippen LogP contribution is -2.28. The van der Waals surface area contributed by atoms with Crippen molar-refractivity contribution in [3.05, 3.63) is 26.9 Å². The fraction of sp³-hybridized carbons (Fsp3) is 0.333. The van der Waals surface area contributed by atoms with Crippen LogP contribution in [0, 0.1) is 0 Å². The molecule has 1 heterocycles. The average Bonchev–Trinajstić information content (AvgIpc) is 1.85. The van der Waals surface area contributed by atoms with Crippen molar-refractivity contribution in [2.45, 2.75) is 13.5 Å². The van der Waals surface area contributed by atoms with Gasteiger partial charge in [0.1, 0.15) is 0 Å². The highest BCUT2D eigenvalue weighted by molar-refractivity contribution is 5.05. The van der Waals surface area contributed by atoms with Crippen LogP contribution in [-0.4, -0.2) is 14.7 Å². The van der Waals surface area contributed by atoms with Crippen LogP contribution in [0.3, 0.4) is 0 Å². The van der Waals surface area contributed by atoms with Gasteiger partial charge in [0, 0.05) is 6.54 Å². The van der Waals surface area contributed by atoms with E-state index in [1.54, 1.807) is 6.92 Å². The van der Waals surface area contributed by atoms with Crippen LogP contribution in [0.5, 0.6) is 5.88 Å². The van der Waals surface area contributed by atoms with Gasteiger partial charge >= 0.3 is 5.69 Å². The molecule has 60 valence electrons. The molecule has 11 heavy (non-hydrogen) atoms. The van der Waals surface area contributed by atoms with Crippen LogP contribution in [0.1, 0.15) is 6.92 Å². The van der Waals surface area contributed by atoms with Gasteiger partial charge in [-0.1, -0.05) is 0 Å².